The van der Waals surface area contributed by atoms with Crippen molar-refractivity contribution >= 4 is 22.4 Å². The van der Waals surface area contributed by atoms with Gasteiger partial charge in [0.1, 0.15) is 23.5 Å². The van der Waals surface area contributed by atoms with Crippen LogP contribution in [-0.4, -0.2) is 35.4 Å². The van der Waals surface area contributed by atoms with Gasteiger partial charge in [-0.2, -0.15) is 0 Å². The zero-order valence-corrected chi connectivity index (χ0v) is 13.9. The van der Waals surface area contributed by atoms with Crippen molar-refractivity contribution in [3.63, 3.8) is 0 Å². The highest BCUT2D eigenvalue weighted by atomic mass is 32.1. The predicted molar refractivity (Wildman–Crippen MR) is 92.4 cm³/mol. The molecule has 0 aromatic carbocycles. The van der Waals surface area contributed by atoms with Crippen LogP contribution < -0.4 is 5.32 Å². The molecule has 8 nitrogen and oxygen atoms in total. The molecule has 0 bridgehead atoms. The van der Waals surface area contributed by atoms with Gasteiger partial charge in [0.15, 0.2) is 5.13 Å². The number of hydrogen-bond acceptors (Lipinski definition) is 7. The third kappa shape index (κ3) is 3.17. The lowest BCUT2D eigenvalue weighted by Gasteiger charge is -2.06. The van der Waals surface area contributed by atoms with Crippen LogP contribution in [0.4, 0.5) is 9.52 Å². The lowest BCUT2D eigenvalue weighted by Crippen LogP contribution is -2.16. The first-order chi connectivity index (χ1) is 12.7. The van der Waals surface area contributed by atoms with Crippen molar-refractivity contribution in [2.75, 3.05) is 5.32 Å². The van der Waals surface area contributed by atoms with Gasteiger partial charge in [-0.05, 0) is 12.1 Å². The molecule has 4 aromatic heterocycles. The molecule has 4 heterocycles. The summed E-state index contributed by atoms with van der Waals surface area (Å²) in [4.78, 5) is 32.7. The Morgan fingerprint density at radius 2 is 1.92 bits per heavy atom. The third-order valence-electron chi connectivity index (χ3n) is 3.41. The van der Waals surface area contributed by atoms with Crippen LogP contribution in [-0.2, 0) is 0 Å². The van der Waals surface area contributed by atoms with E-state index in [1.807, 2.05) is 0 Å². The van der Waals surface area contributed by atoms with Crippen molar-refractivity contribution in [1.82, 2.24) is 29.5 Å². The predicted octanol–water partition coefficient (Wildman–Crippen LogP) is 2.57. The van der Waals surface area contributed by atoms with Gasteiger partial charge in [-0.1, -0.05) is 0 Å². The number of hydrogen-bond donors (Lipinski definition) is 1. The summed E-state index contributed by atoms with van der Waals surface area (Å²) in [5, 5.41) is 4.85. The number of halogens is 1. The molecule has 0 aliphatic heterocycles. The Bertz CT molecular complexity index is 1050. The first-order valence-electron chi connectivity index (χ1n) is 7.37. The summed E-state index contributed by atoms with van der Waals surface area (Å²) in [6.07, 6.45) is 8.62. The van der Waals surface area contributed by atoms with E-state index in [0.717, 1.165) is 6.20 Å². The van der Waals surface area contributed by atoms with Crippen molar-refractivity contribution in [2.45, 2.75) is 0 Å². The van der Waals surface area contributed by atoms with Crippen LogP contribution in [0.25, 0.3) is 17.1 Å². The Morgan fingerprint density at radius 1 is 1.08 bits per heavy atom. The monoisotopic (exact) mass is 367 g/mol. The van der Waals surface area contributed by atoms with Gasteiger partial charge in [0.2, 0.25) is 0 Å². The molecule has 10 heteroatoms. The Kier molecular flexibility index (Phi) is 4.15. The second kappa shape index (κ2) is 6.76. The van der Waals surface area contributed by atoms with Gasteiger partial charge in [0.05, 0.1) is 42.5 Å². The van der Waals surface area contributed by atoms with E-state index in [1.54, 1.807) is 22.3 Å². The van der Waals surface area contributed by atoms with Crippen molar-refractivity contribution < 1.29 is 9.18 Å². The lowest BCUT2D eigenvalue weighted by molar-refractivity contribution is 0.102. The second-order valence-corrected chi connectivity index (χ2v) is 5.96. The summed E-state index contributed by atoms with van der Waals surface area (Å²) in [7, 11) is 0. The molecule has 1 N–H and O–H groups in total. The number of carbonyl (C=O) groups is 1. The molecule has 0 atom stereocenters. The van der Waals surface area contributed by atoms with E-state index in [0.29, 0.717) is 27.9 Å². The highest BCUT2D eigenvalue weighted by molar-refractivity contribution is 7.14. The molecule has 0 unspecified atom stereocenters. The standard InChI is InChI=1S/C16H10FN7OS/c17-10-1-2-12(21-3-10)13-7-26-16(22-13)23-15(25)14-6-20-9-24(14)11-4-18-8-19-5-11/h1-9H,(H,22,23,25). The Hall–Kier alpha value is -3.53. The smallest absolute Gasteiger partial charge is 0.276 e. The highest BCUT2D eigenvalue weighted by Crippen LogP contribution is 2.24. The Labute approximate surface area is 150 Å². The maximum absolute atomic E-state index is 13.0. The molecule has 0 radical (unpaired) electrons. The van der Waals surface area contributed by atoms with Crippen molar-refractivity contribution in [2.24, 2.45) is 0 Å². The minimum Gasteiger partial charge on any atom is -0.296 e. The van der Waals surface area contributed by atoms with Crippen molar-refractivity contribution in [3.05, 3.63) is 66.5 Å². The first kappa shape index (κ1) is 16.0. The number of nitrogens with one attached hydrogen (secondary N) is 1. The van der Waals surface area contributed by atoms with E-state index in [4.69, 9.17) is 0 Å². The van der Waals surface area contributed by atoms with Gasteiger partial charge in [0.25, 0.3) is 5.91 Å². The second-order valence-electron chi connectivity index (χ2n) is 5.10. The van der Waals surface area contributed by atoms with E-state index in [1.165, 1.54) is 42.3 Å². The van der Waals surface area contributed by atoms with Gasteiger partial charge in [-0.3, -0.25) is 19.7 Å². The van der Waals surface area contributed by atoms with Crippen LogP contribution in [0.5, 0.6) is 0 Å². The average molecular weight is 367 g/mol. The minimum absolute atomic E-state index is 0.316. The molecule has 0 saturated heterocycles. The van der Waals surface area contributed by atoms with E-state index >= 15 is 0 Å². The minimum atomic E-state index is -0.421. The summed E-state index contributed by atoms with van der Waals surface area (Å²) in [6.45, 7) is 0. The molecule has 0 saturated carbocycles. The Balaban J connectivity index is 1.55. The molecule has 128 valence electrons. The number of carbonyl (C=O) groups excluding carboxylic acids is 1. The molecule has 4 rings (SSSR count). The number of nitrogens with zero attached hydrogens (tertiary/aromatic N) is 6. The number of thiazole rings is 1. The van der Waals surface area contributed by atoms with E-state index in [9.17, 15) is 9.18 Å². The van der Waals surface area contributed by atoms with Crippen molar-refractivity contribution in [3.8, 4) is 17.1 Å². The summed E-state index contributed by atoms with van der Waals surface area (Å²) in [5.74, 6) is -0.796. The number of aromatic nitrogens is 6. The first-order valence-corrected chi connectivity index (χ1v) is 8.25. The van der Waals surface area contributed by atoms with E-state index in [-0.39, 0.29) is 5.91 Å². The lowest BCUT2D eigenvalue weighted by atomic mass is 10.3. The van der Waals surface area contributed by atoms with Crippen LogP contribution in [0.3, 0.4) is 0 Å². The average Bonchev–Trinajstić information content (AvgIpc) is 3.32. The summed E-state index contributed by atoms with van der Waals surface area (Å²) in [6, 6.07) is 2.83. The maximum Gasteiger partial charge on any atom is 0.276 e. The molecule has 26 heavy (non-hydrogen) atoms. The van der Waals surface area contributed by atoms with Crippen LogP contribution in [0.2, 0.25) is 0 Å². The number of rotatable bonds is 4. The van der Waals surface area contributed by atoms with Crippen LogP contribution in [0.1, 0.15) is 10.5 Å². The largest absolute Gasteiger partial charge is 0.296 e. The van der Waals surface area contributed by atoms with Gasteiger partial charge >= 0.3 is 0 Å². The number of imidazole rings is 1. The number of amides is 1. The van der Waals surface area contributed by atoms with Gasteiger partial charge in [-0.15, -0.1) is 11.3 Å². The number of anilines is 1. The van der Waals surface area contributed by atoms with E-state index in [2.05, 4.69) is 30.2 Å². The molecule has 0 spiro atoms. The fraction of sp³-hybridized carbons (Fsp3) is 0. The molecular formula is C16H10FN7OS. The van der Waals surface area contributed by atoms with Gasteiger partial charge < -0.3 is 0 Å². The normalized spacial score (nSPS) is 10.7. The van der Waals surface area contributed by atoms with Crippen LogP contribution in [0.15, 0.2) is 55.0 Å². The summed E-state index contributed by atoms with van der Waals surface area (Å²) in [5.41, 5.74) is 2.01. The summed E-state index contributed by atoms with van der Waals surface area (Å²) < 4.78 is 14.5. The van der Waals surface area contributed by atoms with Crippen LogP contribution >= 0.6 is 11.3 Å². The van der Waals surface area contributed by atoms with Gasteiger partial charge in [0, 0.05) is 5.38 Å². The number of pyridine rings is 1. The topological polar surface area (TPSA) is 98.5 Å². The fourth-order valence-electron chi connectivity index (χ4n) is 2.22. The third-order valence-corrected chi connectivity index (χ3v) is 4.17. The SMILES string of the molecule is O=C(Nc1nc(-c2ccc(F)cn2)cs1)c1cncn1-c1cncnc1. The molecular weight excluding hydrogens is 357 g/mol. The molecule has 0 aliphatic rings. The van der Waals surface area contributed by atoms with Gasteiger partial charge in [-0.25, -0.2) is 24.3 Å². The molecule has 1 amide bonds. The quantitative estimate of drug-likeness (QED) is 0.595. The Morgan fingerprint density at radius 3 is 2.69 bits per heavy atom. The zero-order chi connectivity index (χ0) is 17.9. The van der Waals surface area contributed by atoms with E-state index < -0.39 is 5.82 Å². The van der Waals surface area contributed by atoms with Crippen LogP contribution in [0, 0.1) is 5.82 Å². The highest BCUT2D eigenvalue weighted by Gasteiger charge is 2.15. The molecule has 4 aromatic rings. The fourth-order valence-corrected chi connectivity index (χ4v) is 2.92. The zero-order valence-electron chi connectivity index (χ0n) is 13.1. The summed E-state index contributed by atoms with van der Waals surface area (Å²) >= 11 is 1.24. The maximum atomic E-state index is 13.0. The van der Waals surface area contributed by atoms with Crippen molar-refractivity contribution in [1.29, 1.82) is 0 Å². The molecule has 0 aliphatic carbocycles. The molecule has 0 fully saturated rings.